The summed E-state index contributed by atoms with van der Waals surface area (Å²) in [7, 11) is 2.00. The quantitative estimate of drug-likeness (QED) is 0.883. The Morgan fingerprint density at radius 1 is 1.45 bits per heavy atom. The molecule has 4 heteroatoms. The SMILES string of the molecule is C[C@H]1C=C(c2cc(F)cc3cc[nH]c23)[C@@H](CO)N(C)C1. The summed E-state index contributed by atoms with van der Waals surface area (Å²) in [5.74, 6) is 0.136. The highest BCUT2D eigenvalue weighted by Crippen LogP contribution is 2.33. The number of aromatic nitrogens is 1. The maximum absolute atomic E-state index is 13.8. The number of likely N-dealkylation sites (N-methyl/N-ethyl adjacent to an activating group) is 1. The second-order valence-electron chi connectivity index (χ2n) is 5.63. The summed E-state index contributed by atoms with van der Waals surface area (Å²) in [6.45, 7) is 3.07. The molecule has 2 atom stereocenters. The fourth-order valence-corrected chi connectivity index (χ4v) is 3.16. The second kappa shape index (κ2) is 5.04. The molecule has 0 amide bonds. The Morgan fingerprint density at radius 2 is 2.25 bits per heavy atom. The summed E-state index contributed by atoms with van der Waals surface area (Å²) in [5, 5.41) is 10.5. The van der Waals surface area contributed by atoms with E-state index >= 15 is 0 Å². The van der Waals surface area contributed by atoms with Gasteiger partial charge in [0.15, 0.2) is 0 Å². The summed E-state index contributed by atoms with van der Waals surface area (Å²) in [6, 6.07) is 4.87. The molecular weight excluding hydrogens is 255 g/mol. The molecule has 1 aliphatic heterocycles. The maximum Gasteiger partial charge on any atom is 0.124 e. The van der Waals surface area contributed by atoms with E-state index < -0.39 is 0 Å². The van der Waals surface area contributed by atoms with Crippen LogP contribution in [0.5, 0.6) is 0 Å². The van der Waals surface area contributed by atoms with Gasteiger partial charge in [-0.15, -0.1) is 0 Å². The van der Waals surface area contributed by atoms with Crippen molar-refractivity contribution in [2.75, 3.05) is 20.2 Å². The molecule has 2 aromatic rings. The van der Waals surface area contributed by atoms with Crippen LogP contribution in [0.15, 0.2) is 30.5 Å². The molecule has 3 rings (SSSR count). The smallest absolute Gasteiger partial charge is 0.124 e. The van der Waals surface area contributed by atoms with Gasteiger partial charge in [0.05, 0.1) is 18.2 Å². The summed E-state index contributed by atoms with van der Waals surface area (Å²) in [4.78, 5) is 5.30. The van der Waals surface area contributed by atoms with E-state index in [2.05, 4.69) is 22.9 Å². The van der Waals surface area contributed by atoms with E-state index in [1.165, 1.54) is 6.07 Å². The molecule has 1 aromatic heterocycles. The maximum atomic E-state index is 13.8. The number of aliphatic hydroxyl groups excluding tert-OH is 1. The van der Waals surface area contributed by atoms with Gasteiger partial charge in [0.1, 0.15) is 5.82 Å². The highest BCUT2D eigenvalue weighted by Gasteiger charge is 2.27. The molecule has 3 nitrogen and oxygen atoms in total. The van der Waals surface area contributed by atoms with Crippen LogP contribution in [0.4, 0.5) is 4.39 Å². The molecule has 1 aliphatic rings. The van der Waals surface area contributed by atoms with Gasteiger partial charge in [0.25, 0.3) is 0 Å². The topological polar surface area (TPSA) is 39.3 Å². The molecule has 106 valence electrons. The van der Waals surface area contributed by atoms with Crippen LogP contribution in [0.3, 0.4) is 0 Å². The number of halogens is 1. The average molecular weight is 274 g/mol. The van der Waals surface area contributed by atoms with Crippen LogP contribution >= 0.6 is 0 Å². The Morgan fingerprint density at radius 3 is 3.00 bits per heavy atom. The van der Waals surface area contributed by atoms with Crippen LogP contribution in [-0.4, -0.2) is 41.2 Å². The molecule has 0 saturated heterocycles. The fraction of sp³-hybridized carbons (Fsp3) is 0.375. The summed E-state index contributed by atoms with van der Waals surface area (Å²) in [5.41, 5.74) is 2.78. The molecule has 0 fully saturated rings. The first-order valence-electron chi connectivity index (χ1n) is 6.90. The van der Waals surface area contributed by atoms with E-state index in [0.717, 1.165) is 28.6 Å². The predicted molar refractivity (Wildman–Crippen MR) is 78.9 cm³/mol. The number of hydrogen-bond acceptors (Lipinski definition) is 2. The molecule has 2 N–H and O–H groups in total. The number of aliphatic hydroxyl groups is 1. The Balaban J connectivity index is 2.20. The Kier molecular flexibility index (Phi) is 3.36. The Labute approximate surface area is 117 Å². The molecule has 2 heterocycles. The standard InChI is InChI=1S/C16H19FN2O/c1-10-5-13(15(9-20)19(2)8-10)14-7-12(17)6-11-3-4-18-16(11)14/h3-7,10,15,18,20H,8-9H2,1-2H3/t10-,15+/m0/s1. The molecule has 0 aliphatic carbocycles. The van der Waals surface area contributed by atoms with Gasteiger partial charge >= 0.3 is 0 Å². The van der Waals surface area contributed by atoms with Crippen molar-refractivity contribution in [3.05, 3.63) is 41.9 Å². The Hall–Kier alpha value is -1.65. The highest BCUT2D eigenvalue weighted by molar-refractivity contribution is 5.92. The molecule has 0 bridgehead atoms. The lowest BCUT2D eigenvalue weighted by Gasteiger charge is -2.35. The lowest BCUT2D eigenvalue weighted by atomic mass is 9.89. The first kappa shape index (κ1) is 13.3. The number of nitrogens with one attached hydrogen (secondary N) is 1. The minimum atomic E-state index is -0.245. The van der Waals surface area contributed by atoms with Crippen molar-refractivity contribution in [1.29, 1.82) is 0 Å². The van der Waals surface area contributed by atoms with E-state index in [4.69, 9.17) is 0 Å². The third-order valence-corrected chi connectivity index (χ3v) is 4.04. The zero-order valence-electron chi connectivity index (χ0n) is 11.7. The lowest BCUT2D eigenvalue weighted by Crippen LogP contribution is -2.41. The number of H-pyrrole nitrogens is 1. The van der Waals surface area contributed by atoms with Crippen LogP contribution in [0.1, 0.15) is 12.5 Å². The first-order valence-corrected chi connectivity index (χ1v) is 6.90. The van der Waals surface area contributed by atoms with E-state index in [-0.39, 0.29) is 18.5 Å². The van der Waals surface area contributed by atoms with Gasteiger partial charge in [-0.25, -0.2) is 4.39 Å². The van der Waals surface area contributed by atoms with Crippen LogP contribution in [0, 0.1) is 11.7 Å². The number of hydrogen-bond donors (Lipinski definition) is 2. The molecular formula is C16H19FN2O. The van der Waals surface area contributed by atoms with Gasteiger partial charge in [-0.1, -0.05) is 13.0 Å². The minimum Gasteiger partial charge on any atom is -0.394 e. The van der Waals surface area contributed by atoms with Crippen molar-refractivity contribution in [1.82, 2.24) is 9.88 Å². The monoisotopic (exact) mass is 274 g/mol. The van der Waals surface area contributed by atoms with Gasteiger partial charge in [-0.2, -0.15) is 0 Å². The number of benzene rings is 1. The molecule has 0 unspecified atom stereocenters. The predicted octanol–water partition coefficient (Wildman–Crippen LogP) is 2.63. The van der Waals surface area contributed by atoms with Crippen LogP contribution in [0.2, 0.25) is 0 Å². The fourth-order valence-electron chi connectivity index (χ4n) is 3.16. The summed E-state index contributed by atoms with van der Waals surface area (Å²) >= 11 is 0. The average Bonchev–Trinajstić information content (AvgIpc) is 2.84. The van der Waals surface area contributed by atoms with E-state index in [1.54, 1.807) is 6.07 Å². The van der Waals surface area contributed by atoms with E-state index in [0.29, 0.717) is 5.92 Å². The van der Waals surface area contributed by atoms with Crippen molar-refractivity contribution in [2.24, 2.45) is 5.92 Å². The van der Waals surface area contributed by atoms with Gasteiger partial charge in [0.2, 0.25) is 0 Å². The van der Waals surface area contributed by atoms with Crippen LogP contribution in [0.25, 0.3) is 16.5 Å². The first-order chi connectivity index (χ1) is 9.60. The number of nitrogens with zero attached hydrogens (tertiary/aromatic N) is 1. The lowest BCUT2D eigenvalue weighted by molar-refractivity contribution is 0.167. The van der Waals surface area contributed by atoms with Gasteiger partial charge in [-0.05, 0) is 36.7 Å². The third kappa shape index (κ3) is 2.15. The zero-order chi connectivity index (χ0) is 14.3. The number of fused-ring (bicyclic) bond motifs is 1. The van der Waals surface area contributed by atoms with Crippen LogP contribution in [-0.2, 0) is 0 Å². The second-order valence-corrected chi connectivity index (χ2v) is 5.63. The van der Waals surface area contributed by atoms with E-state index in [9.17, 15) is 9.50 Å². The Bertz CT molecular complexity index is 662. The van der Waals surface area contributed by atoms with Gasteiger partial charge in [0, 0.05) is 23.7 Å². The molecule has 20 heavy (non-hydrogen) atoms. The highest BCUT2D eigenvalue weighted by atomic mass is 19.1. The minimum absolute atomic E-state index is 0.0355. The van der Waals surface area contributed by atoms with Gasteiger partial charge < -0.3 is 10.1 Å². The molecule has 0 saturated carbocycles. The zero-order valence-corrected chi connectivity index (χ0v) is 11.7. The number of aromatic amines is 1. The normalized spacial score (nSPS) is 24.1. The summed E-state index contributed by atoms with van der Waals surface area (Å²) in [6.07, 6.45) is 3.97. The van der Waals surface area contributed by atoms with E-state index in [1.807, 2.05) is 19.3 Å². The molecule has 0 radical (unpaired) electrons. The van der Waals surface area contributed by atoms with Crippen molar-refractivity contribution >= 4 is 16.5 Å². The van der Waals surface area contributed by atoms with Crippen molar-refractivity contribution in [3.8, 4) is 0 Å². The largest absolute Gasteiger partial charge is 0.394 e. The van der Waals surface area contributed by atoms with Gasteiger partial charge in [-0.3, -0.25) is 4.90 Å². The molecule has 0 spiro atoms. The summed E-state index contributed by atoms with van der Waals surface area (Å²) < 4.78 is 13.8. The van der Waals surface area contributed by atoms with Crippen molar-refractivity contribution < 1.29 is 9.50 Å². The van der Waals surface area contributed by atoms with Crippen LogP contribution < -0.4 is 0 Å². The molecule has 1 aromatic carbocycles. The van der Waals surface area contributed by atoms with Crippen molar-refractivity contribution in [2.45, 2.75) is 13.0 Å². The third-order valence-electron chi connectivity index (χ3n) is 4.04. The van der Waals surface area contributed by atoms with Crippen molar-refractivity contribution in [3.63, 3.8) is 0 Å². The number of rotatable bonds is 2.